The molecule has 0 radical (unpaired) electrons. The van der Waals surface area contributed by atoms with E-state index in [2.05, 4.69) is 16.9 Å². The first-order valence-corrected chi connectivity index (χ1v) is 8.01. The summed E-state index contributed by atoms with van der Waals surface area (Å²) in [5, 5.41) is 0. The molecular formula is C14H19N3O2S. The smallest absolute Gasteiger partial charge is 0.243 e. The van der Waals surface area contributed by atoms with E-state index in [1.807, 2.05) is 12.1 Å². The lowest BCUT2D eigenvalue weighted by atomic mass is 10.1. The summed E-state index contributed by atoms with van der Waals surface area (Å²) in [6.07, 6.45) is 5.29. The Kier molecular flexibility index (Phi) is 4.57. The van der Waals surface area contributed by atoms with Crippen molar-refractivity contribution in [2.24, 2.45) is 0 Å². The van der Waals surface area contributed by atoms with Crippen LogP contribution < -0.4 is 0 Å². The molecule has 0 fully saturated rings. The van der Waals surface area contributed by atoms with Gasteiger partial charge in [0.15, 0.2) is 0 Å². The van der Waals surface area contributed by atoms with Gasteiger partial charge in [-0.3, -0.25) is 0 Å². The Bertz CT molecular complexity index is 634. The number of hydrogen-bond acceptors (Lipinski definition) is 3. The third kappa shape index (κ3) is 3.26. The van der Waals surface area contributed by atoms with Crippen molar-refractivity contribution in [3.8, 4) is 0 Å². The van der Waals surface area contributed by atoms with Gasteiger partial charge in [-0.15, -0.1) is 0 Å². The van der Waals surface area contributed by atoms with E-state index in [1.54, 1.807) is 31.6 Å². The summed E-state index contributed by atoms with van der Waals surface area (Å²) in [7, 11) is -1.92. The van der Waals surface area contributed by atoms with Crippen molar-refractivity contribution < 1.29 is 8.42 Å². The Morgan fingerprint density at radius 2 is 1.95 bits per heavy atom. The normalized spacial score (nSPS) is 11.9. The second-order valence-corrected chi connectivity index (χ2v) is 6.74. The van der Waals surface area contributed by atoms with Gasteiger partial charge in [0.2, 0.25) is 10.0 Å². The Hall–Kier alpha value is -1.66. The fraction of sp³-hybridized carbons (Fsp3) is 0.357. The Morgan fingerprint density at radius 3 is 2.50 bits per heavy atom. The number of hydrogen-bond donors (Lipinski definition) is 1. The zero-order chi connectivity index (χ0) is 14.6. The van der Waals surface area contributed by atoms with Crippen LogP contribution in [0.2, 0.25) is 0 Å². The molecule has 2 rings (SSSR count). The van der Waals surface area contributed by atoms with Gasteiger partial charge in [-0.25, -0.2) is 13.4 Å². The fourth-order valence-electron chi connectivity index (χ4n) is 1.98. The topological polar surface area (TPSA) is 66.1 Å². The molecule has 0 saturated heterocycles. The number of H-pyrrole nitrogens is 1. The number of sulfonamides is 1. The summed E-state index contributed by atoms with van der Waals surface area (Å²) in [6, 6.07) is 7.08. The van der Waals surface area contributed by atoms with Gasteiger partial charge in [-0.1, -0.05) is 25.5 Å². The molecule has 0 atom stereocenters. The average Bonchev–Trinajstić information content (AvgIpc) is 2.92. The van der Waals surface area contributed by atoms with Gasteiger partial charge in [-0.05, 0) is 24.1 Å². The van der Waals surface area contributed by atoms with Crippen LogP contribution >= 0.6 is 0 Å². The molecule has 1 N–H and O–H groups in total. The first-order chi connectivity index (χ1) is 9.54. The minimum absolute atomic E-state index is 0.228. The molecule has 108 valence electrons. The number of nitrogens with one attached hydrogen (secondary N) is 1. The van der Waals surface area contributed by atoms with Crippen molar-refractivity contribution in [1.82, 2.24) is 14.3 Å². The van der Waals surface area contributed by atoms with Gasteiger partial charge in [0.05, 0.1) is 11.4 Å². The van der Waals surface area contributed by atoms with Crippen molar-refractivity contribution in [3.63, 3.8) is 0 Å². The van der Waals surface area contributed by atoms with Crippen LogP contribution in [0.1, 0.15) is 24.7 Å². The Labute approximate surface area is 119 Å². The highest BCUT2D eigenvalue weighted by Gasteiger charge is 2.21. The van der Waals surface area contributed by atoms with Gasteiger partial charge in [0, 0.05) is 19.4 Å². The van der Waals surface area contributed by atoms with Crippen LogP contribution in [0.5, 0.6) is 0 Å². The van der Waals surface area contributed by atoms with Crippen LogP contribution in [0.3, 0.4) is 0 Å². The molecule has 2 aromatic rings. The molecule has 0 unspecified atom stereocenters. The molecule has 20 heavy (non-hydrogen) atoms. The van der Waals surface area contributed by atoms with Crippen LogP contribution in [0.4, 0.5) is 0 Å². The highest BCUT2D eigenvalue weighted by molar-refractivity contribution is 7.89. The highest BCUT2D eigenvalue weighted by atomic mass is 32.2. The maximum Gasteiger partial charge on any atom is 0.243 e. The molecule has 0 spiro atoms. The van der Waals surface area contributed by atoms with Gasteiger partial charge < -0.3 is 4.98 Å². The molecule has 0 bridgehead atoms. The summed E-state index contributed by atoms with van der Waals surface area (Å²) < 4.78 is 26.1. The summed E-state index contributed by atoms with van der Waals surface area (Å²) in [5.41, 5.74) is 1.15. The van der Waals surface area contributed by atoms with Gasteiger partial charge in [0.25, 0.3) is 0 Å². The Morgan fingerprint density at radius 1 is 1.25 bits per heavy atom. The van der Waals surface area contributed by atoms with Crippen LogP contribution in [0.25, 0.3) is 0 Å². The van der Waals surface area contributed by atoms with Gasteiger partial charge in [0.1, 0.15) is 5.82 Å². The molecule has 6 heteroatoms. The molecule has 0 aliphatic heterocycles. The van der Waals surface area contributed by atoms with E-state index >= 15 is 0 Å². The van der Waals surface area contributed by atoms with Crippen molar-refractivity contribution in [2.75, 3.05) is 7.05 Å². The minimum Gasteiger partial charge on any atom is -0.347 e. The van der Waals surface area contributed by atoms with Crippen molar-refractivity contribution >= 4 is 10.0 Å². The average molecular weight is 293 g/mol. The summed E-state index contributed by atoms with van der Waals surface area (Å²) in [5.74, 6) is 0.624. The standard InChI is InChI=1S/C14H19N3O2S/c1-3-4-12-5-7-13(8-6-12)20(18,19)17(2)11-14-15-9-10-16-14/h5-10H,3-4,11H2,1-2H3,(H,15,16). The summed E-state index contributed by atoms with van der Waals surface area (Å²) in [4.78, 5) is 7.25. The minimum atomic E-state index is -3.47. The predicted octanol–water partition coefficient (Wildman–Crippen LogP) is 2.18. The number of aryl methyl sites for hydroxylation is 1. The monoisotopic (exact) mass is 293 g/mol. The molecule has 0 amide bonds. The van der Waals surface area contributed by atoms with Gasteiger partial charge in [-0.2, -0.15) is 4.31 Å². The van der Waals surface area contributed by atoms with Crippen LogP contribution in [-0.4, -0.2) is 29.7 Å². The van der Waals surface area contributed by atoms with E-state index in [4.69, 9.17) is 0 Å². The van der Waals surface area contributed by atoms with Crippen molar-refractivity contribution in [2.45, 2.75) is 31.2 Å². The predicted molar refractivity (Wildman–Crippen MR) is 77.7 cm³/mol. The number of aromatic amines is 1. The molecule has 0 aliphatic carbocycles. The third-order valence-corrected chi connectivity index (χ3v) is 4.92. The van der Waals surface area contributed by atoms with Crippen molar-refractivity contribution in [3.05, 3.63) is 48.0 Å². The number of benzene rings is 1. The number of rotatable bonds is 6. The first-order valence-electron chi connectivity index (χ1n) is 6.57. The Balaban J connectivity index is 2.16. The van der Waals surface area contributed by atoms with Gasteiger partial charge >= 0.3 is 0 Å². The molecule has 0 saturated carbocycles. The number of imidazole rings is 1. The number of nitrogens with zero attached hydrogens (tertiary/aromatic N) is 2. The van der Waals surface area contributed by atoms with E-state index in [0.717, 1.165) is 18.4 Å². The highest BCUT2D eigenvalue weighted by Crippen LogP contribution is 2.17. The second kappa shape index (κ2) is 6.19. The SMILES string of the molecule is CCCc1ccc(S(=O)(=O)N(C)Cc2ncc[nH]2)cc1. The largest absolute Gasteiger partial charge is 0.347 e. The lowest BCUT2D eigenvalue weighted by Gasteiger charge is -2.16. The molecule has 1 aromatic carbocycles. The maximum absolute atomic E-state index is 12.4. The molecule has 1 heterocycles. The van der Waals surface area contributed by atoms with Crippen LogP contribution in [0, 0.1) is 0 Å². The zero-order valence-corrected chi connectivity index (χ0v) is 12.5. The zero-order valence-electron chi connectivity index (χ0n) is 11.7. The first kappa shape index (κ1) is 14.7. The maximum atomic E-state index is 12.4. The summed E-state index contributed by atoms with van der Waals surface area (Å²) in [6.45, 7) is 2.33. The fourth-order valence-corrected chi connectivity index (χ4v) is 3.11. The van der Waals surface area contributed by atoms with Crippen LogP contribution in [0.15, 0.2) is 41.6 Å². The van der Waals surface area contributed by atoms with E-state index in [9.17, 15) is 8.42 Å². The quantitative estimate of drug-likeness (QED) is 0.887. The van der Waals surface area contributed by atoms with Crippen LogP contribution in [-0.2, 0) is 23.0 Å². The second-order valence-electron chi connectivity index (χ2n) is 4.69. The number of aromatic nitrogens is 2. The van der Waals surface area contributed by atoms with E-state index in [-0.39, 0.29) is 6.54 Å². The van der Waals surface area contributed by atoms with E-state index < -0.39 is 10.0 Å². The molecule has 0 aliphatic rings. The molecular weight excluding hydrogens is 274 g/mol. The summed E-state index contributed by atoms with van der Waals surface area (Å²) >= 11 is 0. The van der Waals surface area contributed by atoms with E-state index in [0.29, 0.717) is 10.7 Å². The third-order valence-electron chi connectivity index (χ3n) is 3.10. The lowest BCUT2D eigenvalue weighted by Crippen LogP contribution is -2.27. The van der Waals surface area contributed by atoms with E-state index in [1.165, 1.54) is 4.31 Å². The lowest BCUT2D eigenvalue weighted by molar-refractivity contribution is 0.458. The van der Waals surface area contributed by atoms with Crippen molar-refractivity contribution in [1.29, 1.82) is 0 Å². The molecule has 1 aromatic heterocycles. The molecule has 5 nitrogen and oxygen atoms in total.